The fourth-order valence-corrected chi connectivity index (χ4v) is 1.61. The number of nitrogens with zero attached hydrogens (tertiary/aromatic N) is 1. The molecule has 0 unspecified atom stereocenters. The molecule has 0 aliphatic rings. The zero-order valence-electron chi connectivity index (χ0n) is 11.9. The Hall–Kier alpha value is -2.56. The van der Waals surface area contributed by atoms with Crippen LogP contribution in [0.3, 0.4) is 0 Å². The molecule has 0 amide bonds. The fraction of sp³-hybridized carbons (Fsp3) is 0.250. The van der Waals surface area contributed by atoms with Crippen LogP contribution in [0.5, 0.6) is 17.5 Å². The topological polar surface area (TPSA) is 68.7 Å². The second-order valence-corrected chi connectivity index (χ2v) is 4.93. The van der Waals surface area contributed by atoms with Crippen LogP contribution >= 0.6 is 0 Å². The number of benzene rings is 1. The molecule has 0 bridgehead atoms. The fourth-order valence-electron chi connectivity index (χ4n) is 1.61. The molecular formula is C16H17NO4. The molecule has 110 valence electrons. The Morgan fingerprint density at radius 1 is 1.19 bits per heavy atom. The molecule has 21 heavy (non-hydrogen) atoms. The van der Waals surface area contributed by atoms with E-state index in [4.69, 9.17) is 14.6 Å². The summed E-state index contributed by atoms with van der Waals surface area (Å²) in [6.07, 6.45) is 0. The Labute approximate surface area is 123 Å². The molecule has 0 radical (unpaired) electrons. The first-order valence-electron chi connectivity index (χ1n) is 6.66. The van der Waals surface area contributed by atoms with Crippen molar-refractivity contribution in [2.24, 2.45) is 5.92 Å². The Kier molecular flexibility index (Phi) is 4.77. The van der Waals surface area contributed by atoms with Gasteiger partial charge in [-0.1, -0.05) is 32.0 Å². The minimum Gasteiger partial charge on any atom is -0.477 e. The van der Waals surface area contributed by atoms with Crippen molar-refractivity contribution in [3.8, 4) is 17.5 Å². The van der Waals surface area contributed by atoms with Crippen LogP contribution in [0.2, 0.25) is 0 Å². The van der Waals surface area contributed by atoms with Crippen LogP contribution in [-0.4, -0.2) is 22.7 Å². The standard InChI is InChI=1S/C16H17NO4/c1-11(2)10-20-15-13(16(18)19)8-9-14(17-15)21-12-6-4-3-5-7-12/h3-9,11H,10H2,1-2H3,(H,18,19). The van der Waals surface area contributed by atoms with Gasteiger partial charge >= 0.3 is 5.97 Å². The van der Waals surface area contributed by atoms with Gasteiger partial charge in [0, 0.05) is 6.07 Å². The second-order valence-electron chi connectivity index (χ2n) is 4.93. The van der Waals surface area contributed by atoms with Gasteiger partial charge in [-0.05, 0) is 24.1 Å². The summed E-state index contributed by atoms with van der Waals surface area (Å²) >= 11 is 0. The number of ether oxygens (including phenoxy) is 2. The molecule has 1 aromatic heterocycles. The van der Waals surface area contributed by atoms with E-state index in [2.05, 4.69) is 4.98 Å². The van der Waals surface area contributed by atoms with Crippen molar-refractivity contribution in [2.75, 3.05) is 6.61 Å². The van der Waals surface area contributed by atoms with E-state index in [0.717, 1.165) is 0 Å². The number of hydrogen-bond donors (Lipinski definition) is 1. The molecule has 1 aromatic carbocycles. The maximum atomic E-state index is 11.2. The van der Waals surface area contributed by atoms with E-state index in [0.29, 0.717) is 18.2 Å². The van der Waals surface area contributed by atoms with Gasteiger partial charge in [0.15, 0.2) is 0 Å². The summed E-state index contributed by atoms with van der Waals surface area (Å²) in [5.74, 6) is 0.192. The predicted molar refractivity (Wildman–Crippen MR) is 78.0 cm³/mol. The largest absolute Gasteiger partial charge is 0.477 e. The van der Waals surface area contributed by atoms with Gasteiger partial charge in [-0.2, -0.15) is 4.98 Å². The van der Waals surface area contributed by atoms with Gasteiger partial charge in [-0.3, -0.25) is 0 Å². The van der Waals surface area contributed by atoms with Crippen molar-refractivity contribution >= 4 is 5.97 Å². The van der Waals surface area contributed by atoms with E-state index >= 15 is 0 Å². The van der Waals surface area contributed by atoms with Gasteiger partial charge in [-0.25, -0.2) is 4.79 Å². The van der Waals surface area contributed by atoms with Crippen molar-refractivity contribution in [1.82, 2.24) is 4.98 Å². The highest BCUT2D eigenvalue weighted by Crippen LogP contribution is 2.24. The summed E-state index contributed by atoms with van der Waals surface area (Å²) in [4.78, 5) is 15.3. The van der Waals surface area contributed by atoms with E-state index < -0.39 is 5.97 Å². The maximum Gasteiger partial charge on any atom is 0.341 e. The molecule has 5 nitrogen and oxygen atoms in total. The van der Waals surface area contributed by atoms with Crippen LogP contribution < -0.4 is 9.47 Å². The normalized spacial score (nSPS) is 10.4. The van der Waals surface area contributed by atoms with Crippen LogP contribution in [0.25, 0.3) is 0 Å². The number of rotatable bonds is 6. The summed E-state index contributed by atoms with van der Waals surface area (Å²) in [5.41, 5.74) is 0.0241. The lowest BCUT2D eigenvalue weighted by Crippen LogP contribution is -2.10. The van der Waals surface area contributed by atoms with Gasteiger partial charge in [0.05, 0.1) is 6.61 Å². The smallest absolute Gasteiger partial charge is 0.341 e. The number of pyridine rings is 1. The summed E-state index contributed by atoms with van der Waals surface area (Å²) in [7, 11) is 0. The average molecular weight is 287 g/mol. The summed E-state index contributed by atoms with van der Waals surface area (Å²) in [6, 6.07) is 12.1. The molecule has 1 N–H and O–H groups in total. The zero-order valence-corrected chi connectivity index (χ0v) is 11.9. The van der Waals surface area contributed by atoms with Crippen LogP contribution in [-0.2, 0) is 0 Å². The molecule has 2 aromatic rings. The lowest BCUT2D eigenvalue weighted by molar-refractivity contribution is 0.0690. The van der Waals surface area contributed by atoms with Crippen LogP contribution in [0.4, 0.5) is 0 Å². The monoisotopic (exact) mass is 287 g/mol. The molecular weight excluding hydrogens is 270 g/mol. The third-order valence-corrected chi connectivity index (χ3v) is 2.58. The predicted octanol–water partition coefficient (Wildman–Crippen LogP) is 3.61. The van der Waals surface area contributed by atoms with E-state index in [9.17, 15) is 4.79 Å². The minimum absolute atomic E-state index is 0.0241. The van der Waals surface area contributed by atoms with Gasteiger partial charge < -0.3 is 14.6 Å². The maximum absolute atomic E-state index is 11.2. The second kappa shape index (κ2) is 6.74. The van der Waals surface area contributed by atoms with E-state index in [1.807, 2.05) is 32.0 Å². The number of aromatic carboxylic acids is 1. The van der Waals surface area contributed by atoms with Crippen LogP contribution in [0.15, 0.2) is 42.5 Å². The molecule has 0 spiro atoms. The SMILES string of the molecule is CC(C)COc1nc(Oc2ccccc2)ccc1C(=O)O. The number of carboxylic acid groups (broad SMARTS) is 1. The highest BCUT2D eigenvalue weighted by Gasteiger charge is 2.15. The van der Waals surface area contributed by atoms with Crippen molar-refractivity contribution in [1.29, 1.82) is 0 Å². The molecule has 5 heteroatoms. The third kappa shape index (κ3) is 4.21. The number of para-hydroxylation sites is 1. The lowest BCUT2D eigenvalue weighted by atomic mass is 10.2. The summed E-state index contributed by atoms with van der Waals surface area (Å²) < 4.78 is 11.0. The summed E-state index contributed by atoms with van der Waals surface area (Å²) in [6.45, 7) is 4.34. The number of carbonyl (C=O) groups is 1. The van der Waals surface area contributed by atoms with E-state index in [1.165, 1.54) is 12.1 Å². The van der Waals surface area contributed by atoms with Crippen molar-refractivity contribution in [2.45, 2.75) is 13.8 Å². The third-order valence-electron chi connectivity index (χ3n) is 2.58. The summed E-state index contributed by atoms with van der Waals surface area (Å²) in [5, 5.41) is 9.15. The average Bonchev–Trinajstić information content (AvgIpc) is 2.46. The van der Waals surface area contributed by atoms with Crippen LogP contribution in [0.1, 0.15) is 24.2 Å². The molecule has 0 aliphatic heterocycles. The number of aromatic nitrogens is 1. The molecule has 0 aliphatic carbocycles. The Balaban J connectivity index is 2.23. The molecule has 0 saturated heterocycles. The Morgan fingerprint density at radius 3 is 2.52 bits per heavy atom. The Morgan fingerprint density at radius 2 is 1.90 bits per heavy atom. The molecule has 0 fully saturated rings. The van der Waals surface area contributed by atoms with Crippen molar-refractivity contribution in [3.05, 3.63) is 48.0 Å². The number of carboxylic acids is 1. The van der Waals surface area contributed by atoms with Crippen molar-refractivity contribution in [3.63, 3.8) is 0 Å². The first kappa shape index (κ1) is 14.8. The van der Waals surface area contributed by atoms with Crippen molar-refractivity contribution < 1.29 is 19.4 Å². The lowest BCUT2D eigenvalue weighted by Gasteiger charge is -2.12. The van der Waals surface area contributed by atoms with Gasteiger partial charge in [0.2, 0.25) is 11.8 Å². The molecule has 1 heterocycles. The van der Waals surface area contributed by atoms with Gasteiger partial charge in [0.25, 0.3) is 0 Å². The Bertz CT molecular complexity index is 611. The quantitative estimate of drug-likeness (QED) is 0.879. The van der Waals surface area contributed by atoms with E-state index in [1.54, 1.807) is 12.1 Å². The highest BCUT2D eigenvalue weighted by atomic mass is 16.5. The van der Waals surface area contributed by atoms with Crippen LogP contribution in [0, 0.1) is 5.92 Å². The van der Waals surface area contributed by atoms with Gasteiger partial charge in [-0.15, -0.1) is 0 Å². The molecule has 0 saturated carbocycles. The first-order valence-corrected chi connectivity index (χ1v) is 6.66. The zero-order chi connectivity index (χ0) is 15.2. The molecule has 2 rings (SSSR count). The first-order chi connectivity index (χ1) is 10.1. The minimum atomic E-state index is -1.08. The van der Waals surface area contributed by atoms with E-state index in [-0.39, 0.29) is 17.4 Å². The highest BCUT2D eigenvalue weighted by molar-refractivity contribution is 5.90. The molecule has 0 atom stereocenters. The number of hydrogen-bond acceptors (Lipinski definition) is 4. The van der Waals surface area contributed by atoms with Gasteiger partial charge in [0.1, 0.15) is 11.3 Å².